The second-order valence-electron chi connectivity index (χ2n) is 5.14. The third-order valence-corrected chi connectivity index (χ3v) is 2.12. The van der Waals surface area contributed by atoms with Gasteiger partial charge in [0.05, 0.1) is 6.20 Å². The van der Waals surface area contributed by atoms with Crippen LogP contribution in [0.3, 0.4) is 0 Å². The van der Waals surface area contributed by atoms with Gasteiger partial charge < -0.3 is 10.6 Å². The largest absolute Gasteiger partial charge is 0.356 e. The number of nitrogens with two attached hydrogens (primary N) is 1. The summed E-state index contributed by atoms with van der Waals surface area (Å²) in [4.78, 5) is 19.3. The number of hydrogen-bond donors (Lipinski definition) is 4. The van der Waals surface area contributed by atoms with E-state index in [-0.39, 0.29) is 23.2 Å². The molecule has 1 atom stereocenters. The number of amides is 1. The van der Waals surface area contributed by atoms with Crippen LogP contribution in [0.2, 0.25) is 0 Å². The highest BCUT2D eigenvalue weighted by Gasteiger charge is 2.20. The quantitative estimate of drug-likeness (QED) is 0.472. The van der Waals surface area contributed by atoms with Gasteiger partial charge in [0.2, 0.25) is 11.9 Å². The van der Waals surface area contributed by atoms with Crippen LogP contribution in [0.1, 0.15) is 27.7 Å². The maximum Gasteiger partial charge on any atom is 0.242 e. The number of carbonyl (C=O) groups excluding carboxylic acids is 1. The van der Waals surface area contributed by atoms with Gasteiger partial charge in [-0.25, -0.2) is 15.2 Å². The molecule has 0 aromatic carbocycles. The predicted molar refractivity (Wildman–Crippen MR) is 70.8 cm³/mol. The van der Waals surface area contributed by atoms with E-state index in [9.17, 15) is 9.18 Å². The first kappa shape index (κ1) is 15.1. The van der Waals surface area contributed by atoms with Gasteiger partial charge in [0.15, 0.2) is 11.6 Å². The van der Waals surface area contributed by atoms with E-state index in [1.807, 2.05) is 20.8 Å². The van der Waals surface area contributed by atoms with Gasteiger partial charge in [0, 0.05) is 5.54 Å². The van der Waals surface area contributed by atoms with Crippen molar-refractivity contribution in [2.24, 2.45) is 5.84 Å². The minimum atomic E-state index is -0.658. The zero-order chi connectivity index (χ0) is 14.6. The van der Waals surface area contributed by atoms with E-state index in [2.05, 4.69) is 26.0 Å². The summed E-state index contributed by atoms with van der Waals surface area (Å²) in [5.41, 5.74) is 1.85. The van der Waals surface area contributed by atoms with E-state index in [4.69, 9.17) is 5.84 Å². The number of nitrogens with zero attached hydrogens (tertiary/aromatic N) is 2. The van der Waals surface area contributed by atoms with Gasteiger partial charge in [-0.05, 0) is 27.7 Å². The van der Waals surface area contributed by atoms with Gasteiger partial charge in [0.1, 0.15) is 6.04 Å². The van der Waals surface area contributed by atoms with Crippen LogP contribution in [-0.2, 0) is 4.79 Å². The summed E-state index contributed by atoms with van der Waals surface area (Å²) < 4.78 is 13.5. The molecular formula is C11H19FN6O. The molecule has 1 unspecified atom stereocenters. The molecular weight excluding hydrogens is 251 g/mol. The number of hydrazine groups is 1. The average Bonchev–Trinajstić information content (AvgIpc) is 2.29. The molecule has 1 heterocycles. The van der Waals surface area contributed by atoms with E-state index >= 15 is 0 Å². The molecule has 0 aliphatic heterocycles. The maximum absolute atomic E-state index is 13.5. The van der Waals surface area contributed by atoms with Crippen molar-refractivity contribution in [1.82, 2.24) is 15.3 Å². The first-order chi connectivity index (χ1) is 8.73. The van der Waals surface area contributed by atoms with Gasteiger partial charge in [-0.3, -0.25) is 10.2 Å². The molecule has 0 saturated carbocycles. The van der Waals surface area contributed by atoms with Crippen LogP contribution in [0.25, 0.3) is 0 Å². The summed E-state index contributed by atoms with van der Waals surface area (Å²) in [6, 6.07) is -0.644. The van der Waals surface area contributed by atoms with Crippen molar-refractivity contribution in [1.29, 1.82) is 0 Å². The lowest BCUT2D eigenvalue weighted by Gasteiger charge is -2.24. The number of rotatable bonds is 4. The Morgan fingerprint density at radius 3 is 2.63 bits per heavy atom. The van der Waals surface area contributed by atoms with Gasteiger partial charge in [-0.15, -0.1) is 0 Å². The van der Waals surface area contributed by atoms with Crippen molar-refractivity contribution in [2.75, 3.05) is 10.7 Å². The monoisotopic (exact) mass is 270 g/mol. The summed E-state index contributed by atoms with van der Waals surface area (Å²) >= 11 is 0. The molecule has 0 radical (unpaired) electrons. The zero-order valence-electron chi connectivity index (χ0n) is 11.4. The molecule has 1 amide bonds. The van der Waals surface area contributed by atoms with E-state index in [0.29, 0.717) is 0 Å². The Labute approximate surface area is 111 Å². The van der Waals surface area contributed by atoms with Gasteiger partial charge in [0.25, 0.3) is 0 Å². The SMILES string of the molecule is CC(Nc1nc(NN)ncc1F)C(=O)NC(C)(C)C. The van der Waals surface area contributed by atoms with Crippen LogP contribution in [0, 0.1) is 5.82 Å². The lowest BCUT2D eigenvalue weighted by atomic mass is 10.1. The average molecular weight is 270 g/mol. The molecule has 0 fully saturated rings. The van der Waals surface area contributed by atoms with E-state index < -0.39 is 11.9 Å². The van der Waals surface area contributed by atoms with Gasteiger partial charge in [-0.1, -0.05) is 0 Å². The number of hydrogen-bond acceptors (Lipinski definition) is 6. The molecule has 1 rings (SSSR count). The van der Waals surface area contributed by atoms with Crippen LogP contribution in [-0.4, -0.2) is 27.5 Å². The molecule has 0 spiro atoms. The van der Waals surface area contributed by atoms with Crippen LogP contribution in [0.5, 0.6) is 0 Å². The Morgan fingerprint density at radius 2 is 2.11 bits per heavy atom. The van der Waals surface area contributed by atoms with E-state index in [1.54, 1.807) is 6.92 Å². The highest BCUT2D eigenvalue weighted by Crippen LogP contribution is 2.12. The second kappa shape index (κ2) is 5.79. The lowest BCUT2D eigenvalue weighted by Crippen LogP contribution is -2.47. The minimum Gasteiger partial charge on any atom is -0.356 e. The summed E-state index contributed by atoms with van der Waals surface area (Å²) in [6.45, 7) is 7.19. The second-order valence-corrected chi connectivity index (χ2v) is 5.14. The predicted octanol–water partition coefficient (Wildman–Crippen LogP) is 0.616. The number of anilines is 2. The third kappa shape index (κ3) is 4.66. The molecule has 106 valence electrons. The van der Waals surface area contributed by atoms with E-state index in [1.165, 1.54) is 0 Å². The van der Waals surface area contributed by atoms with Crippen LogP contribution in [0.15, 0.2) is 6.20 Å². The molecule has 1 aromatic heterocycles. The highest BCUT2D eigenvalue weighted by atomic mass is 19.1. The fourth-order valence-electron chi connectivity index (χ4n) is 1.29. The van der Waals surface area contributed by atoms with Crippen molar-refractivity contribution in [3.05, 3.63) is 12.0 Å². The Kier molecular flexibility index (Phi) is 4.60. The minimum absolute atomic E-state index is 0.0623. The molecule has 0 aliphatic carbocycles. The maximum atomic E-state index is 13.5. The number of carbonyl (C=O) groups is 1. The highest BCUT2D eigenvalue weighted by molar-refractivity contribution is 5.84. The van der Waals surface area contributed by atoms with Crippen molar-refractivity contribution in [3.63, 3.8) is 0 Å². The lowest BCUT2D eigenvalue weighted by molar-refractivity contribution is -0.122. The normalized spacial score (nSPS) is 12.7. The van der Waals surface area contributed by atoms with Crippen molar-refractivity contribution in [3.8, 4) is 0 Å². The van der Waals surface area contributed by atoms with E-state index in [0.717, 1.165) is 6.20 Å². The van der Waals surface area contributed by atoms with Gasteiger partial charge in [-0.2, -0.15) is 4.98 Å². The summed E-state index contributed by atoms with van der Waals surface area (Å²) in [7, 11) is 0. The van der Waals surface area contributed by atoms with Crippen molar-refractivity contribution < 1.29 is 9.18 Å². The summed E-state index contributed by atoms with van der Waals surface area (Å²) in [5, 5.41) is 5.45. The number of aromatic nitrogens is 2. The Bertz CT molecular complexity index is 459. The summed E-state index contributed by atoms with van der Waals surface area (Å²) in [6.07, 6.45) is 0.971. The molecule has 5 N–H and O–H groups in total. The molecule has 7 nitrogen and oxygen atoms in total. The zero-order valence-corrected chi connectivity index (χ0v) is 11.4. The molecule has 19 heavy (non-hydrogen) atoms. The van der Waals surface area contributed by atoms with Crippen LogP contribution >= 0.6 is 0 Å². The molecule has 0 saturated heterocycles. The van der Waals surface area contributed by atoms with Crippen molar-refractivity contribution in [2.45, 2.75) is 39.3 Å². The van der Waals surface area contributed by atoms with Gasteiger partial charge >= 0.3 is 0 Å². The first-order valence-corrected chi connectivity index (χ1v) is 5.80. The molecule has 0 bridgehead atoms. The number of nitrogens with one attached hydrogen (secondary N) is 3. The third-order valence-electron chi connectivity index (χ3n) is 2.12. The fraction of sp³-hybridized carbons (Fsp3) is 0.545. The smallest absolute Gasteiger partial charge is 0.242 e. The number of halogens is 1. The topological polar surface area (TPSA) is 105 Å². The van der Waals surface area contributed by atoms with Crippen LogP contribution in [0.4, 0.5) is 16.2 Å². The first-order valence-electron chi connectivity index (χ1n) is 5.80. The Hall–Kier alpha value is -1.96. The standard InChI is InChI=1S/C11H19FN6O/c1-6(9(19)17-11(2,3)4)15-8-7(12)5-14-10(16-8)18-13/h5-6H,13H2,1-4H3,(H,17,19)(H2,14,15,16,18). The molecule has 1 aromatic rings. The Balaban J connectivity index is 2.76. The number of nitrogen functional groups attached to an aromatic ring is 1. The van der Waals surface area contributed by atoms with Crippen LogP contribution < -0.4 is 21.9 Å². The molecule has 8 heteroatoms. The fourth-order valence-corrected chi connectivity index (χ4v) is 1.29. The van der Waals surface area contributed by atoms with Crippen molar-refractivity contribution >= 4 is 17.7 Å². The summed E-state index contributed by atoms with van der Waals surface area (Å²) in [5.74, 6) is 4.20. The Morgan fingerprint density at radius 1 is 1.47 bits per heavy atom. The molecule has 0 aliphatic rings.